The summed E-state index contributed by atoms with van der Waals surface area (Å²) in [6.07, 6.45) is 5.56. The van der Waals surface area contributed by atoms with Gasteiger partial charge in [0.1, 0.15) is 23.2 Å². The van der Waals surface area contributed by atoms with E-state index in [1.54, 1.807) is 19.1 Å². The van der Waals surface area contributed by atoms with Crippen LogP contribution in [-0.2, 0) is 0 Å². The van der Waals surface area contributed by atoms with Crippen LogP contribution in [0.25, 0.3) is 11.0 Å². The van der Waals surface area contributed by atoms with E-state index in [4.69, 9.17) is 4.52 Å². The minimum Gasteiger partial charge on any atom is -0.364 e. The third-order valence-corrected chi connectivity index (χ3v) is 5.59. The van der Waals surface area contributed by atoms with Gasteiger partial charge < -0.3 is 14.8 Å². The molecule has 27 heavy (non-hydrogen) atoms. The lowest BCUT2D eigenvalue weighted by Gasteiger charge is -2.32. The Kier molecular flexibility index (Phi) is 4.68. The van der Waals surface area contributed by atoms with Crippen molar-refractivity contribution in [3.05, 3.63) is 47.4 Å². The van der Waals surface area contributed by atoms with Crippen LogP contribution < -0.4 is 5.32 Å². The lowest BCUT2D eigenvalue weighted by Crippen LogP contribution is -2.36. The monoisotopic (exact) mass is 370 g/mol. The Morgan fingerprint density at radius 3 is 2.78 bits per heavy atom. The molecule has 1 aromatic carbocycles. The maximum Gasteiger partial charge on any atom is 0.257 e. The SMILES string of the molecule is Cc1nocc1C(=O)NC(c1nc2c(F)cccc2[nH]1)[C@H]1CC[C@H](C)CC1. The predicted molar refractivity (Wildman–Crippen MR) is 98.6 cm³/mol. The fourth-order valence-corrected chi connectivity index (χ4v) is 3.92. The molecule has 1 aliphatic rings. The molecule has 1 fully saturated rings. The zero-order valence-corrected chi connectivity index (χ0v) is 15.5. The molecule has 1 saturated carbocycles. The average Bonchev–Trinajstić information content (AvgIpc) is 3.27. The van der Waals surface area contributed by atoms with Crippen molar-refractivity contribution >= 4 is 16.9 Å². The number of para-hydroxylation sites is 1. The molecular weight excluding hydrogens is 347 g/mol. The number of fused-ring (bicyclic) bond motifs is 1. The van der Waals surface area contributed by atoms with E-state index in [0.717, 1.165) is 25.7 Å². The standard InChI is InChI=1S/C20H23FN4O2/c1-11-6-8-13(9-7-11)17(24-20(26)14-10-27-25-12(14)2)19-22-16-5-3-4-15(21)18(16)23-19/h3-5,10-11,13,17H,6-9H2,1-2H3,(H,22,23)(H,24,26)/t11-,13-,17?. The fourth-order valence-electron chi connectivity index (χ4n) is 3.92. The molecule has 0 saturated heterocycles. The summed E-state index contributed by atoms with van der Waals surface area (Å²) in [5.41, 5.74) is 1.89. The average molecular weight is 370 g/mol. The molecule has 1 atom stereocenters. The van der Waals surface area contributed by atoms with Gasteiger partial charge in [-0.3, -0.25) is 4.79 Å². The van der Waals surface area contributed by atoms with E-state index in [9.17, 15) is 9.18 Å². The first-order valence-electron chi connectivity index (χ1n) is 9.39. The molecule has 1 unspecified atom stereocenters. The summed E-state index contributed by atoms with van der Waals surface area (Å²) < 4.78 is 19.0. The topological polar surface area (TPSA) is 83.8 Å². The number of carbonyl (C=O) groups is 1. The van der Waals surface area contributed by atoms with E-state index in [2.05, 4.69) is 27.4 Å². The highest BCUT2D eigenvalue weighted by Gasteiger charge is 2.31. The second-order valence-electron chi connectivity index (χ2n) is 7.54. The van der Waals surface area contributed by atoms with Gasteiger partial charge in [-0.15, -0.1) is 0 Å². The van der Waals surface area contributed by atoms with Crippen molar-refractivity contribution in [2.45, 2.75) is 45.6 Å². The largest absolute Gasteiger partial charge is 0.364 e. The van der Waals surface area contributed by atoms with Gasteiger partial charge >= 0.3 is 0 Å². The van der Waals surface area contributed by atoms with Gasteiger partial charge in [0, 0.05) is 0 Å². The van der Waals surface area contributed by atoms with Crippen LogP contribution >= 0.6 is 0 Å². The summed E-state index contributed by atoms with van der Waals surface area (Å²) in [5, 5.41) is 6.86. The number of benzene rings is 1. The summed E-state index contributed by atoms with van der Waals surface area (Å²) in [7, 11) is 0. The van der Waals surface area contributed by atoms with Crippen LogP contribution in [0.5, 0.6) is 0 Å². The van der Waals surface area contributed by atoms with Crippen molar-refractivity contribution in [2.24, 2.45) is 11.8 Å². The highest BCUT2D eigenvalue weighted by molar-refractivity contribution is 5.95. The number of nitrogens with one attached hydrogen (secondary N) is 2. The first-order valence-corrected chi connectivity index (χ1v) is 9.39. The quantitative estimate of drug-likeness (QED) is 0.717. The Hall–Kier alpha value is -2.70. The van der Waals surface area contributed by atoms with E-state index >= 15 is 0 Å². The molecule has 0 aliphatic heterocycles. The van der Waals surface area contributed by atoms with Crippen LogP contribution in [0, 0.1) is 24.6 Å². The first kappa shape index (κ1) is 17.7. The molecule has 2 N–H and O–H groups in total. The number of rotatable bonds is 4. The number of aryl methyl sites for hydroxylation is 1. The molecule has 2 aromatic heterocycles. The van der Waals surface area contributed by atoms with Crippen molar-refractivity contribution in [1.82, 2.24) is 20.4 Å². The summed E-state index contributed by atoms with van der Waals surface area (Å²) in [6.45, 7) is 3.98. The van der Waals surface area contributed by atoms with Crippen molar-refractivity contribution < 1.29 is 13.7 Å². The number of H-pyrrole nitrogens is 1. The maximum atomic E-state index is 14.1. The Morgan fingerprint density at radius 2 is 2.11 bits per heavy atom. The van der Waals surface area contributed by atoms with Gasteiger partial charge in [0.2, 0.25) is 0 Å². The molecule has 0 bridgehead atoms. The summed E-state index contributed by atoms with van der Waals surface area (Å²) in [4.78, 5) is 20.5. The summed E-state index contributed by atoms with van der Waals surface area (Å²) >= 11 is 0. The molecule has 3 aromatic rings. The molecule has 142 valence electrons. The van der Waals surface area contributed by atoms with Crippen LogP contribution in [0.15, 0.2) is 29.0 Å². The normalized spacial score (nSPS) is 21.3. The Labute approximate surface area is 156 Å². The highest BCUT2D eigenvalue weighted by atomic mass is 19.1. The second kappa shape index (κ2) is 7.13. The third kappa shape index (κ3) is 3.46. The highest BCUT2D eigenvalue weighted by Crippen LogP contribution is 2.37. The molecule has 1 aliphatic carbocycles. The van der Waals surface area contributed by atoms with E-state index < -0.39 is 0 Å². The van der Waals surface area contributed by atoms with Crippen LogP contribution in [0.1, 0.15) is 60.5 Å². The lowest BCUT2D eigenvalue weighted by atomic mass is 9.79. The number of aromatic nitrogens is 3. The second-order valence-corrected chi connectivity index (χ2v) is 7.54. The molecule has 1 amide bonds. The van der Waals surface area contributed by atoms with Gasteiger partial charge in [0.25, 0.3) is 5.91 Å². The van der Waals surface area contributed by atoms with Gasteiger partial charge in [-0.1, -0.05) is 31.0 Å². The van der Waals surface area contributed by atoms with Crippen molar-refractivity contribution in [3.63, 3.8) is 0 Å². The van der Waals surface area contributed by atoms with Crippen molar-refractivity contribution in [2.75, 3.05) is 0 Å². The number of imidazole rings is 1. The minimum atomic E-state index is -0.368. The van der Waals surface area contributed by atoms with Crippen molar-refractivity contribution in [1.29, 1.82) is 0 Å². The summed E-state index contributed by atoms with van der Waals surface area (Å²) in [6, 6.07) is 4.52. The predicted octanol–water partition coefficient (Wildman–Crippen LogP) is 4.30. The number of amides is 1. The zero-order chi connectivity index (χ0) is 19.0. The Bertz CT molecular complexity index is 956. The van der Waals surface area contributed by atoms with Gasteiger partial charge in [-0.25, -0.2) is 9.37 Å². The van der Waals surface area contributed by atoms with Gasteiger partial charge in [-0.05, 0) is 43.7 Å². The number of carbonyl (C=O) groups excluding carboxylic acids is 1. The van der Waals surface area contributed by atoms with Crippen LogP contribution in [-0.4, -0.2) is 21.0 Å². The molecule has 0 spiro atoms. The van der Waals surface area contributed by atoms with E-state index in [0.29, 0.717) is 34.0 Å². The third-order valence-electron chi connectivity index (χ3n) is 5.59. The minimum absolute atomic E-state index is 0.244. The van der Waals surface area contributed by atoms with Crippen LogP contribution in [0.2, 0.25) is 0 Å². The number of hydrogen-bond acceptors (Lipinski definition) is 4. The molecule has 7 heteroatoms. The molecule has 0 radical (unpaired) electrons. The van der Waals surface area contributed by atoms with Crippen LogP contribution in [0.3, 0.4) is 0 Å². The van der Waals surface area contributed by atoms with Gasteiger partial charge in [-0.2, -0.15) is 0 Å². The van der Waals surface area contributed by atoms with Crippen molar-refractivity contribution in [3.8, 4) is 0 Å². The maximum absolute atomic E-state index is 14.1. The molecule has 4 rings (SSSR count). The number of aromatic amines is 1. The number of halogens is 1. The number of hydrogen-bond donors (Lipinski definition) is 2. The van der Waals surface area contributed by atoms with Gasteiger partial charge in [0.05, 0.1) is 17.3 Å². The van der Waals surface area contributed by atoms with E-state index in [1.807, 2.05) is 0 Å². The lowest BCUT2D eigenvalue weighted by molar-refractivity contribution is 0.0903. The zero-order valence-electron chi connectivity index (χ0n) is 15.5. The molecule has 6 nitrogen and oxygen atoms in total. The number of nitrogens with zero attached hydrogens (tertiary/aromatic N) is 2. The first-order chi connectivity index (χ1) is 13.0. The smallest absolute Gasteiger partial charge is 0.257 e. The fraction of sp³-hybridized carbons (Fsp3) is 0.450. The van der Waals surface area contributed by atoms with E-state index in [-0.39, 0.29) is 23.7 Å². The van der Waals surface area contributed by atoms with Crippen LogP contribution in [0.4, 0.5) is 4.39 Å². The summed E-state index contributed by atoms with van der Waals surface area (Å²) in [5.74, 6) is 0.905. The molecule has 2 heterocycles. The van der Waals surface area contributed by atoms with Gasteiger partial charge in [0.15, 0.2) is 5.82 Å². The molecular formula is C20H23FN4O2. The Balaban J connectivity index is 1.67. The van der Waals surface area contributed by atoms with E-state index in [1.165, 1.54) is 12.3 Å². The Morgan fingerprint density at radius 1 is 1.33 bits per heavy atom.